The van der Waals surface area contributed by atoms with Gasteiger partial charge in [0, 0.05) is 13.1 Å². The van der Waals surface area contributed by atoms with Crippen molar-refractivity contribution < 1.29 is 103 Å². The van der Waals surface area contributed by atoms with E-state index in [2.05, 4.69) is 0 Å². The van der Waals surface area contributed by atoms with Gasteiger partial charge in [0.2, 0.25) is 0 Å². The number of carboxylic acids is 4. The molecule has 0 saturated heterocycles. The Morgan fingerprint density at radius 1 is 0.591 bits per heavy atom. The molecular weight excluding hydrogens is 351 g/mol. The third-order valence-corrected chi connectivity index (χ3v) is 2.17. The summed E-state index contributed by atoms with van der Waals surface area (Å²) in [6.45, 7) is -2.25. The Hall–Kier alpha value is -0.274. The molecule has 0 rings (SSSR count). The van der Waals surface area contributed by atoms with Crippen molar-refractivity contribution in [2.45, 2.75) is 0 Å². The molecule has 0 amide bonds. The number of nitrogens with zero attached hydrogens (tertiary/aromatic N) is 2. The minimum Gasteiger partial charge on any atom is -1.00 e. The first-order valence-corrected chi connectivity index (χ1v) is 5.52. The predicted molar refractivity (Wildman–Crippen MR) is 63.4 cm³/mol. The Bertz CT molecular complexity index is 327. The van der Waals surface area contributed by atoms with Gasteiger partial charge in [-0.25, -0.2) is 0 Å². The Morgan fingerprint density at radius 3 is 0.909 bits per heavy atom. The van der Waals surface area contributed by atoms with Crippen LogP contribution in [0.2, 0.25) is 0 Å². The zero-order valence-corrected chi connectivity index (χ0v) is 15.8. The van der Waals surface area contributed by atoms with Gasteiger partial charge in [-0.2, -0.15) is 0 Å². The molecule has 0 aliphatic carbocycles. The molecule has 0 atom stereocenters. The maximum Gasteiger partial charge on any atom is 1.00 e. The second-order valence-electron chi connectivity index (χ2n) is 4.00. The van der Waals surface area contributed by atoms with Crippen LogP contribution in [0.3, 0.4) is 0 Å². The molecule has 0 bridgehead atoms. The van der Waals surface area contributed by atoms with Crippen LogP contribution in [0, 0.1) is 0 Å². The zero-order chi connectivity index (χ0) is 15.7. The summed E-state index contributed by atoms with van der Waals surface area (Å²) in [5.41, 5.74) is 0. The van der Waals surface area contributed by atoms with Crippen molar-refractivity contribution >= 4 is 23.9 Å². The summed E-state index contributed by atoms with van der Waals surface area (Å²) in [6.07, 6.45) is 0. The standard InChI is InChI=1S/C10H16N2O8.ClH.K/c13-7(14)3-11(4-8(15)16)1-2-12(5-9(17)18)6-10(19)20;;/h1-6H2,(H,13,14)(H,15,16)(H,17,18)(H,19,20);1H;/q;;+1/p-1. The summed E-state index contributed by atoms with van der Waals surface area (Å²) < 4.78 is 0. The van der Waals surface area contributed by atoms with Gasteiger partial charge in [-0.3, -0.25) is 29.0 Å². The number of rotatable bonds is 11. The first kappa shape index (κ1) is 26.6. The molecule has 4 N–H and O–H groups in total. The molecule has 0 fully saturated rings. The molecule has 22 heavy (non-hydrogen) atoms. The van der Waals surface area contributed by atoms with Gasteiger partial charge in [-0.15, -0.1) is 0 Å². The molecule has 0 aromatic carbocycles. The van der Waals surface area contributed by atoms with Crippen molar-refractivity contribution in [1.82, 2.24) is 9.80 Å². The molecule has 0 spiro atoms. The third kappa shape index (κ3) is 16.1. The van der Waals surface area contributed by atoms with Crippen LogP contribution >= 0.6 is 0 Å². The summed E-state index contributed by atoms with van der Waals surface area (Å²) in [5, 5.41) is 34.5. The van der Waals surface area contributed by atoms with Crippen molar-refractivity contribution in [2.75, 3.05) is 39.3 Å². The van der Waals surface area contributed by atoms with Crippen LogP contribution in [-0.4, -0.2) is 93.4 Å². The van der Waals surface area contributed by atoms with E-state index in [0.29, 0.717) is 0 Å². The Balaban J connectivity index is -0.00000180. The van der Waals surface area contributed by atoms with Gasteiger partial charge in [0.15, 0.2) is 0 Å². The topological polar surface area (TPSA) is 156 Å². The van der Waals surface area contributed by atoms with Gasteiger partial charge >= 0.3 is 75.3 Å². The fourth-order valence-electron chi connectivity index (χ4n) is 1.48. The van der Waals surface area contributed by atoms with Crippen LogP contribution in [0.4, 0.5) is 0 Å². The van der Waals surface area contributed by atoms with Crippen LogP contribution in [0.5, 0.6) is 0 Å². The number of hydrogen-bond acceptors (Lipinski definition) is 6. The maximum atomic E-state index is 10.6. The molecule has 12 heteroatoms. The number of carbonyl (C=O) groups is 4. The Labute approximate surface area is 174 Å². The molecule has 0 aromatic rings. The molecule has 0 saturated carbocycles. The maximum absolute atomic E-state index is 10.6. The van der Waals surface area contributed by atoms with Crippen LogP contribution in [0.25, 0.3) is 0 Å². The second-order valence-corrected chi connectivity index (χ2v) is 4.00. The van der Waals surface area contributed by atoms with Crippen molar-refractivity contribution in [3.63, 3.8) is 0 Å². The van der Waals surface area contributed by atoms with Gasteiger partial charge in [-0.05, 0) is 0 Å². The molecule has 0 unspecified atom stereocenters. The minimum absolute atomic E-state index is 0. The van der Waals surface area contributed by atoms with Crippen LogP contribution in [0.1, 0.15) is 0 Å². The summed E-state index contributed by atoms with van der Waals surface area (Å²) in [7, 11) is 0. The monoisotopic (exact) mass is 366 g/mol. The zero-order valence-electron chi connectivity index (χ0n) is 11.9. The van der Waals surface area contributed by atoms with Crippen molar-refractivity contribution in [2.24, 2.45) is 0 Å². The van der Waals surface area contributed by atoms with Gasteiger partial charge in [0.1, 0.15) is 0 Å². The summed E-state index contributed by atoms with van der Waals surface area (Å²) in [5.74, 6) is -4.91. The smallest absolute Gasteiger partial charge is 1.00 e. The van der Waals surface area contributed by atoms with E-state index in [9.17, 15) is 19.2 Å². The largest absolute Gasteiger partial charge is 1.00 e. The van der Waals surface area contributed by atoms with Crippen LogP contribution in [0.15, 0.2) is 0 Å². The molecule has 122 valence electrons. The first-order chi connectivity index (χ1) is 9.20. The normalized spacial score (nSPS) is 9.73. The Morgan fingerprint density at radius 2 is 0.773 bits per heavy atom. The van der Waals surface area contributed by atoms with Crippen molar-refractivity contribution in [3.05, 3.63) is 0 Å². The SMILES string of the molecule is O=C(O)CN(CCN(CC(=O)O)CC(=O)O)CC(=O)O.[Cl-].[K+]. The minimum atomic E-state index is -1.23. The van der Waals surface area contributed by atoms with E-state index in [-0.39, 0.29) is 76.9 Å². The van der Waals surface area contributed by atoms with Crippen LogP contribution < -0.4 is 63.8 Å². The van der Waals surface area contributed by atoms with E-state index >= 15 is 0 Å². The summed E-state index contributed by atoms with van der Waals surface area (Å²) in [4.78, 5) is 44.4. The van der Waals surface area contributed by atoms with Gasteiger partial charge < -0.3 is 32.8 Å². The van der Waals surface area contributed by atoms with Gasteiger partial charge in [-0.1, -0.05) is 0 Å². The van der Waals surface area contributed by atoms with Gasteiger partial charge in [0.25, 0.3) is 0 Å². The fourth-order valence-corrected chi connectivity index (χ4v) is 1.48. The molecular formula is C10H16ClKN2O8. The second kappa shape index (κ2) is 14.3. The third-order valence-electron chi connectivity index (χ3n) is 2.17. The number of carboxylic acid groups (broad SMARTS) is 4. The van der Waals surface area contributed by atoms with E-state index < -0.39 is 50.1 Å². The van der Waals surface area contributed by atoms with Gasteiger partial charge in [0.05, 0.1) is 26.2 Å². The molecule has 0 aromatic heterocycles. The average Bonchev–Trinajstić information content (AvgIpc) is 2.22. The van der Waals surface area contributed by atoms with E-state index in [1.54, 1.807) is 0 Å². The van der Waals surface area contributed by atoms with E-state index in [1.165, 1.54) is 0 Å². The number of halogens is 1. The van der Waals surface area contributed by atoms with E-state index in [0.717, 1.165) is 9.80 Å². The summed E-state index contributed by atoms with van der Waals surface area (Å²) >= 11 is 0. The molecule has 10 nitrogen and oxygen atoms in total. The van der Waals surface area contributed by atoms with E-state index in [1.807, 2.05) is 0 Å². The summed E-state index contributed by atoms with van der Waals surface area (Å²) in [6, 6.07) is 0. The van der Waals surface area contributed by atoms with E-state index in [4.69, 9.17) is 20.4 Å². The Kier molecular flexibility index (Phi) is 17.3. The fraction of sp³-hybridized carbons (Fsp3) is 0.600. The average molecular weight is 367 g/mol. The number of hydrogen-bond donors (Lipinski definition) is 4. The van der Waals surface area contributed by atoms with Crippen molar-refractivity contribution in [1.29, 1.82) is 0 Å². The predicted octanol–water partition coefficient (Wildman–Crippen LogP) is -8.06. The van der Waals surface area contributed by atoms with Crippen molar-refractivity contribution in [3.8, 4) is 0 Å². The van der Waals surface area contributed by atoms with Crippen LogP contribution in [-0.2, 0) is 19.2 Å². The molecule has 0 radical (unpaired) electrons. The quantitative estimate of drug-likeness (QED) is 0.259. The molecule has 0 aliphatic heterocycles. The molecule has 0 heterocycles. The molecule has 0 aliphatic rings. The first-order valence-electron chi connectivity index (χ1n) is 5.52. The number of aliphatic carboxylic acids is 4.